The number of nitrogens with two attached hydrogens (primary N) is 2. The summed E-state index contributed by atoms with van der Waals surface area (Å²) < 4.78 is 0. The van der Waals surface area contributed by atoms with E-state index >= 15 is 0 Å². The Labute approximate surface area is 147 Å². The van der Waals surface area contributed by atoms with E-state index in [2.05, 4.69) is 11.5 Å². The molecule has 1 fully saturated rings. The Balaban J connectivity index is 0.000000816. The van der Waals surface area contributed by atoms with E-state index in [9.17, 15) is 10.2 Å². The van der Waals surface area contributed by atoms with E-state index in [1.54, 1.807) is 6.07 Å². The van der Waals surface area contributed by atoms with Gasteiger partial charge in [-0.15, -0.1) is 0 Å². The van der Waals surface area contributed by atoms with E-state index in [4.69, 9.17) is 28.3 Å². The fourth-order valence-corrected chi connectivity index (χ4v) is 3.03. The van der Waals surface area contributed by atoms with Crippen LogP contribution in [0.1, 0.15) is 37.2 Å². The minimum atomic E-state index is -1.10. The van der Waals surface area contributed by atoms with Crippen LogP contribution >= 0.6 is 23.2 Å². The first-order valence-corrected chi connectivity index (χ1v) is 8.52. The minimum absolute atomic E-state index is 0.134. The quantitative estimate of drug-likeness (QED) is 0.494. The molecule has 23 heavy (non-hydrogen) atoms. The van der Waals surface area contributed by atoms with E-state index in [0.717, 1.165) is 18.4 Å². The zero-order valence-corrected chi connectivity index (χ0v) is 14.5. The van der Waals surface area contributed by atoms with Crippen molar-refractivity contribution in [2.45, 2.75) is 43.8 Å². The van der Waals surface area contributed by atoms with Gasteiger partial charge < -0.3 is 26.8 Å². The standard InChI is InChI=1S/C15H20Cl2O3.CH6N2/c16-12-5-4-10(6-13(12)17)11(9-2-1-3-9)7-14(19)15(20)8-18;2-1-3/h4-6,9,11,14-15,18-20H,1-3,7-8H2;1-3H2/t11?,14-,15?;/m0./s1. The summed E-state index contributed by atoms with van der Waals surface area (Å²) in [4.78, 5) is 0. The second-order valence-corrected chi connectivity index (χ2v) is 6.57. The molecular weight excluding hydrogens is 339 g/mol. The first kappa shape index (κ1) is 20.6. The molecule has 1 saturated carbocycles. The summed E-state index contributed by atoms with van der Waals surface area (Å²) in [6.07, 6.45) is 1.82. The molecule has 7 heteroatoms. The monoisotopic (exact) mass is 364 g/mol. The number of benzene rings is 1. The SMILES string of the molecule is NCN.OCC(O)[C@@H](O)CC(c1ccc(Cl)c(Cl)c1)C1CCC1. The van der Waals surface area contributed by atoms with Gasteiger partial charge in [0, 0.05) is 6.67 Å². The molecule has 0 saturated heterocycles. The molecule has 2 unspecified atom stereocenters. The zero-order chi connectivity index (χ0) is 17.4. The number of hydrogen-bond acceptors (Lipinski definition) is 5. The van der Waals surface area contributed by atoms with Crippen LogP contribution in [-0.4, -0.2) is 40.8 Å². The van der Waals surface area contributed by atoms with Gasteiger partial charge in [0.1, 0.15) is 6.10 Å². The van der Waals surface area contributed by atoms with Crippen LogP contribution in [0.4, 0.5) is 0 Å². The lowest BCUT2D eigenvalue weighted by atomic mass is 9.70. The normalized spacial score (nSPS) is 18.4. The average Bonchev–Trinajstić information content (AvgIpc) is 2.47. The van der Waals surface area contributed by atoms with Crippen molar-refractivity contribution in [3.05, 3.63) is 33.8 Å². The van der Waals surface area contributed by atoms with Crippen molar-refractivity contribution in [2.75, 3.05) is 13.3 Å². The summed E-state index contributed by atoms with van der Waals surface area (Å²) in [6.45, 7) is -0.181. The van der Waals surface area contributed by atoms with Gasteiger partial charge in [0.05, 0.1) is 22.8 Å². The van der Waals surface area contributed by atoms with Crippen molar-refractivity contribution >= 4 is 23.2 Å². The highest BCUT2D eigenvalue weighted by Crippen LogP contribution is 2.43. The van der Waals surface area contributed by atoms with Crippen LogP contribution in [0.3, 0.4) is 0 Å². The molecule has 5 nitrogen and oxygen atoms in total. The lowest BCUT2D eigenvalue weighted by Gasteiger charge is -2.36. The van der Waals surface area contributed by atoms with Crippen LogP contribution in [0.2, 0.25) is 10.0 Å². The third-order valence-electron chi connectivity index (χ3n) is 4.22. The van der Waals surface area contributed by atoms with Gasteiger partial charge in [0.25, 0.3) is 0 Å². The lowest BCUT2D eigenvalue weighted by molar-refractivity contribution is -0.0252. The molecule has 0 bridgehead atoms. The van der Waals surface area contributed by atoms with Crippen molar-refractivity contribution in [1.82, 2.24) is 0 Å². The third-order valence-corrected chi connectivity index (χ3v) is 4.96. The maximum absolute atomic E-state index is 9.97. The molecule has 0 spiro atoms. The van der Waals surface area contributed by atoms with Gasteiger partial charge in [-0.2, -0.15) is 0 Å². The molecule has 0 aliphatic heterocycles. The van der Waals surface area contributed by atoms with Gasteiger partial charge >= 0.3 is 0 Å². The zero-order valence-electron chi connectivity index (χ0n) is 13.0. The molecule has 7 N–H and O–H groups in total. The van der Waals surface area contributed by atoms with Gasteiger partial charge in [-0.05, 0) is 48.8 Å². The van der Waals surface area contributed by atoms with E-state index < -0.39 is 18.8 Å². The van der Waals surface area contributed by atoms with Gasteiger partial charge in [-0.1, -0.05) is 35.7 Å². The van der Waals surface area contributed by atoms with Crippen molar-refractivity contribution in [3.8, 4) is 0 Å². The van der Waals surface area contributed by atoms with Gasteiger partial charge in [0.15, 0.2) is 0 Å². The first-order chi connectivity index (χ1) is 10.9. The molecule has 132 valence electrons. The van der Waals surface area contributed by atoms with Crippen molar-refractivity contribution < 1.29 is 15.3 Å². The Bertz CT molecular complexity index is 473. The maximum atomic E-state index is 9.97. The number of rotatable bonds is 6. The highest BCUT2D eigenvalue weighted by molar-refractivity contribution is 6.42. The smallest absolute Gasteiger partial charge is 0.103 e. The predicted molar refractivity (Wildman–Crippen MR) is 93.5 cm³/mol. The summed E-state index contributed by atoms with van der Waals surface area (Å²) in [6, 6.07) is 5.53. The molecule has 1 aliphatic carbocycles. The van der Waals surface area contributed by atoms with E-state index in [1.807, 2.05) is 12.1 Å². The number of halogens is 2. The molecule has 1 aliphatic rings. The fourth-order valence-electron chi connectivity index (χ4n) is 2.72. The molecule has 0 heterocycles. The molecule has 2 rings (SSSR count). The van der Waals surface area contributed by atoms with E-state index in [-0.39, 0.29) is 12.6 Å². The van der Waals surface area contributed by atoms with Gasteiger partial charge in [-0.3, -0.25) is 0 Å². The molecule has 1 aromatic rings. The van der Waals surface area contributed by atoms with Crippen molar-refractivity contribution in [1.29, 1.82) is 0 Å². The Kier molecular flexibility index (Phi) is 9.39. The molecular formula is C16H26Cl2N2O3. The Morgan fingerprint density at radius 1 is 1.09 bits per heavy atom. The summed E-state index contributed by atoms with van der Waals surface area (Å²) in [5.74, 6) is 0.627. The summed E-state index contributed by atoms with van der Waals surface area (Å²) >= 11 is 12.0. The van der Waals surface area contributed by atoms with Crippen molar-refractivity contribution in [2.24, 2.45) is 17.4 Å². The molecule has 1 aromatic carbocycles. The number of aliphatic hydroxyl groups is 3. The van der Waals surface area contributed by atoms with Crippen LogP contribution < -0.4 is 11.5 Å². The third kappa shape index (κ3) is 6.19. The highest BCUT2D eigenvalue weighted by Gasteiger charge is 2.32. The van der Waals surface area contributed by atoms with Crippen LogP contribution in [0.25, 0.3) is 0 Å². The topological polar surface area (TPSA) is 113 Å². The van der Waals surface area contributed by atoms with Gasteiger partial charge in [-0.25, -0.2) is 0 Å². The Morgan fingerprint density at radius 3 is 2.13 bits per heavy atom. The fraction of sp³-hybridized carbons (Fsp3) is 0.625. The second kappa shape index (κ2) is 10.5. The van der Waals surface area contributed by atoms with Crippen LogP contribution in [0.5, 0.6) is 0 Å². The molecule has 0 radical (unpaired) electrons. The van der Waals surface area contributed by atoms with Crippen LogP contribution in [0, 0.1) is 5.92 Å². The lowest BCUT2D eigenvalue weighted by Crippen LogP contribution is -2.33. The summed E-state index contributed by atoms with van der Waals surface area (Å²) in [7, 11) is 0. The predicted octanol–water partition coefficient (Wildman–Crippen LogP) is 1.84. The summed E-state index contributed by atoms with van der Waals surface area (Å²) in [5.41, 5.74) is 10.3. The Morgan fingerprint density at radius 2 is 1.70 bits per heavy atom. The van der Waals surface area contributed by atoms with Crippen LogP contribution in [-0.2, 0) is 0 Å². The van der Waals surface area contributed by atoms with Crippen molar-refractivity contribution in [3.63, 3.8) is 0 Å². The number of hydrogen-bond donors (Lipinski definition) is 5. The number of aliphatic hydroxyl groups excluding tert-OH is 3. The minimum Gasteiger partial charge on any atom is -0.394 e. The van der Waals surface area contributed by atoms with E-state index in [1.165, 1.54) is 6.42 Å². The summed E-state index contributed by atoms with van der Waals surface area (Å²) in [5, 5.41) is 29.5. The second-order valence-electron chi connectivity index (χ2n) is 5.76. The van der Waals surface area contributed by atoms with Crippen LogP contribution in [0.15, 0.2) is 18.2 Å². The maximum Gasteiger partial charge on any atom is 0.103 e. The first-order valence-electron chi connectivity index (χ1n) is 7.76. The molecule has 3 atom stereocenters. The molecule has 0 aromatic heterocycles. The largest absolute Gasteiger partial charge is 0.394 e. The average molecular weight is 365 g/mol. The van der Waals surface area contributed by atoms with E-state index in [0.29, 0.717) is 22.4 Å². The van der Waals surface area contributed by atoms with Gasteiger partial charge in [0.2, 0.25) is 0 Å². The Hall–Kier alpha value is -0.400. The highest BCUT2D eigenvalue weighted by atomic mass is 35.5. The molecule has 0 amide bonds.